The number of carbonyl (C=O) groups is 2. The van der Waals surface area contributed by atoms with Crippen LogP contribution < -0.4 is 15.5 Å². The minimum absolute atomic E-state index is 0.0386. The van der Waals surface area contributed by atoms with Gasteiger partial charge in [0.05, 0.1) is 23.4 Å². The van der Waals surface area contributed by atoms with Gasteiger partial charge in [0.2, 0.25) is 5.91 Å². The van der Waals surface area contributed by atoms with Crippen molar-refractivity contribution in [2.75, 3.05) is 16.4 Å². The third-order valence-corrected chi connectivity index (χ3v) is 6.93. The molecule has 0 radical (unpaired) electrons. The van der Waals surface area contributed by atoms with E-state index < -0.39 is 23.1 Å². The lowest BCUT2D eigenvalue weighted by molar-refractivity contribution is -0.137. The van der Waals surface area contributed by atoms with Crippen LogP contribution in [0.25, 0.3) is 0 Å². The molecule has 3 aliphatic rings. The molecule has 0 bridgehead atoms. The fraction of sp³-hybridized carbons (Fsp3) is 0.107. The van der Waals surface area contributed by atoms with Crippen molar-refractivity contribution >= 4 is 23.3 Å². The first-order chi connectivity index (χ1) is 17.5. The summed E-state index contributed by atoms with van der Waals surface area (Å²) in [4.78, 5) is 30.7. The molecule has 0 aromatic heterocycles. The number of cyclic esters (lactones) is 1. The first kappa shape index (κ1) is 21.6. The Balaban J connectivity index is 1.62. The smallest absolute Gasteiger partial charge is 0.338 e. The first-order valence-corrected chi connectivity index (χ1v) is 11.3. The molecule has 3 aromatic rings. The predicted molar refractivity (Wildman–Crippen MR) is 129 cm³/mol. The Hall–Kier alpha value is -4.90. The van der Waals surface area contributed by atoms with Crippen LogP contribution >= 0.6 is 0 Å². The minimum Gasteiger partial charge on any atom is -0.456 e. The third-order valence-electron chi connectivity index (χ3n) is 6.93. The Kier molecular flexibility index (Phi) is 4.70. The van der Waals surface area contributed by atoms with E-state index in [1.165, 1.54) is 11.0 Å². The Bertz CT molecular complexity index is 1560. The van der Waals surface area contributed by atoms with Crippen LogP contribution in [0.3, 0.4) is 0 Å². The largest absolute Gasteiger partial charge is 0.456 e. The molecule has 0 saturated carbocycles. The molecule has 7 nitrogen and oxygen atoms in total. The van der Waals surface area contributed by atoms with Crippen molar-refractivity contribution in [1.82, 2.24) is 0 Å². The fourth-order valence-corrected chi connectivity index (χ4v) is 5.42. The fourth-order valence-electron chi connectivity index (χ4n) is 5.42. The van der Waals surface area contributed by atoms with Gasteiger partial charge in [-0.2, -0.15) is 5.26 Å². The predicted octanol–water partition coefficient (Wildman–Crippen LogP) is 3.64. The number of halogens is 1. The van der Waals surface area contributed by atoms with Crippen LogP contribution in [0.1, 0.15) is 11.1 Å². The van der Waals surface area contributed by atoms with E-state index in [0.29, 0.717) is 28.2 Å². The second-order valence-corrected chi connectivity index (χ2v) is 8.69. The van der Waals surface area contributed by atoms with Gasteiger partial charge in [0, 0.05) is 22.5 Å². The number of hydrogen-bond acceptors (Lipinski definition) is 6. The summed E-state index contributed by atoms with van der Waals surface area (Å²) in [6, 6.07) is 24.3. The molecule has 0 saturated heterocycles. The molecule has 0 fully saturated rings. The van der Waals surface area contributed by atoms with Crippen molar-refractivity contribution in [3.63, 3.8) is 0 Å². The molecule has 36 heavy (non-hydrogen) atoms. The van der Waals surface area contributed by atoms with Crippen molar-refractivity contribution in [2.45, 2.75) is 12.0 Å². The lowest BCUT2D eigenvalue weighted by atomic mass is 9.67. The maximum Gasteiger partial charge on any atom is 0.338 e. The zero-order valence-electron chi connectivity index (χ0n) is 18.9. The van der Waals surface area contributed by atoms with E-state index in [2.05, 4.69) is 6.07 Å². The molecule has 2 N–H and O–H groups in total. The van der Waals surface area contributed by atoms with Gasteiger partial charge in [0.25, 0.3) is 0 Å². The van der Waals surface area contributed by atoms with Gasteiger partial charge in [0.1, 0.15) is 29.7 Å². The van der Waals surface area contributed by atoms with Gasteiger partial charge in [-0.15, -0.1) is 0 Å². The number of rotatable bonds is 3. The highest BCUT2D eigenvalue weighted by molar-refractivity contribution is 6.19. The van der Waals surface area contributed by atoms with Crippen LogP contribution in [-0.2, 0) is 26.3 Å². The van der Waals surface area contributed by atoms with Crippen molar-refractivity contribution in [3.8, 4) is 6.07 Å². The summed E-state index contributed by atoms with van der Waals surface area (Å²) in [6.45, 7) is -0.185. The third kappa shape index (κ3) is 2.71. The van der Waals surface area contributed by atoms with Gasteiger partial charge in [-0.25, -0.2) is 9.18 Å². The Labute approximate surface area is 206 Å². The van der Waals surface area contributed by atoms with E-state index in [1.54, 1.807) is 59.5 Å². The Morgan fingerprint density at radius 3 is 2.44 bits per heavy atom. The number of benzene rings is 3. The zero-order chi connectivity index (χ0) is 25.0. The number of para-hydroxylation sites is 2. The summed E-state index contributed by atoms with van der Waals surface area (Å²) in [5.74, 6) is -1.66. The van der Waals surface area contributed by atoms with Crippen molar-refractivity contribution in [3.05, 3.63) is 118 Å². The molecule has 1 spiro atoms. The number of anilines is 2. The normalized spacial score (nSPS) is 20.6. The summed E-state index contributed by atoms with van der Waals surface area (Å²) in [5.41, 5.74) is 7.05. The van der Waals surface area contributed by atoms with E-state index in [9.17, 15) is 19.2 Å². The van der Waals surface area contributed by atoms with Crippen LogP contribution in [-0.4, -0.2) is 18.5 Å². The second-order valence-electron chi connectivity index (χ2n) is 8.69. The number of amides is 1. The molecule has 176 valence electrons. The van der Waals surface area contributed by atoms with Gasteiger partial charge in [-0.1, -0.05) is 54.6 Å². The standard InChI is InChI=1S/C28H19FN4O3/c29-21-12-6-4-8-17(21)15-32-22-13-7-5-11-19(22)28(27(32)35)20(14-30)25(31)33(18-9-2-1-3-10-18)23-16-36-26(34)24(23)28/h1-13H,15-16,31H2/t28-/m1/s1. The summed E-state index contributed by atoms with van der Waals surface area (Å²) in [5, 5.41) is 10.4. The lowest BCUT2D eigenvalue weighted by Gasteiger charge is -2.38. The van der Waals surface area contributed by atoms with Crippen LogP contribution in [0.4, 0.5) is 15.8 Å². The van der Waals surface area contributed by atoms with Crippen molar-refractivity contribution < 1.29 is 18.7 Å². The van der Waals surface area contributed by atoms with Crippen LogP contribution in [0.5, 0.6) is 0 Å². The molecule has 0 aliphatic carbocycles. The highest BCUT2D eigenvalue weighted by atomic mass is 19.1. The topological polar surface area (TPSA) is 99.7 Å². The average molecular weight is 478 g/mol. The zero-order valence-corrected chi connectivity index (χ0v) is 18.9. The van der Waals surface area contributed by atoms with Gasteiger partial charge in [-0.05, 0) is 24.3 Å². The molecule has 0 unspecified atom stereocenters. The molecule has 1 atom stereocenters. The Morgan fingerprint density at radius 2 is 1.69 bits per heavy atom. The van der Waals surface area contributed by atoms with E-state index in [4.69, 9.17) is 10.5 Å². The molecule has 1 amide bonds. The number of carbonyl (C=O) groups excluding carboxylic acids is 2. The number of ether oxygens (including phenoxy) is 1. The molecule has 3 aromatic carbocycles. The SMILES string of the molecule is N#CC1=C(N)N(c2ccccc2)C2=C(C(=O)OC2)[C@]12C(=O)N(Cc1ccccc1F)c1ccccc12. The first-order valence-electron chi connectivity index (χ1n) is 11.3. The molecule has 3 heterocycles. The molecular formula is C28H19FN4O3. The van der Waals surface area contributed by atoms with Crippen LogP contribution in [0.15, 0.2) is 102 Å². The monoisotopic (exact) mass is 478 g/mol. The molecule has 6 rings (SSSR count). The molecule has 8 heteroatoms. The summed E-state index contributed by atoms with van der Waals surface area (Å²) >= 11 is 0. The maximum atomic E-state index is 14.6. The number of nitrogens with zero attached hydrogens (tertiary/aromatic N) is 3. The highest BCUT2D eigenvalue weighted by Gasteiger charge is 2.63. The van der Waals surface area contributed by atoms with E-state index in [-0.39, 0.29) is 30.1 Å². The van der Waals surface area contributed by atoms with E-state index in [0.717, 1.165) is 0 Å². The second kappa shape index (κ2) is 7.82. The molecule has 3 aliphatic heterocycles. The summed E-state index contributed by atoms with van der Waals surface area (Å²) in [6.07, 6.45) is 0. The number of fused-ring (bicyclic) bond motifs is 3. The van der Waals surface area contributed by atoms with E-state index in [1.807, 2.05) is 18.2 Å². The quantitative estimate of drug-likeness (QED) is 0.577. The van der Waals surface area contributed by atoms with Gasteiger partial charge < -0.3 is 15.4 Å². The highest BCUT2D eigenvalue weighted by Crippen LogP contribution is 2.56. The average Bonchev–Trinajstić information content (AvgIpc) is 3.38. The molecular weight excluding hydrogens is 459 g/mol. The maximum absolute atomic E-state index is 14.6. The number of nitrogens with two attached hydrogens (primary N) is 1. The summed E-state index contributed by atoms with van der Waals surface area (Å²) < 4.78 is 20.0. The lowest BCUT2D eigenvalue weighted by Crippen LogP contribution is -2.50. The summed E-state index contributed by atoms with van der Waals surface area (Å²) in [7, 11) is 0. The van der Waals surface area contributed by atoms with Gasteiger partial charge in [-0.3, -0.25) is 9.69 Å². The van der Waals surface area contributed by atoms with Crippen molar-refractivity contribution in [2.24, 2.45) is 5.73 Å². The minimum atomic E-state index is -1.80. The Morgan fingerprint density at radius 1 is 1.00 bits per heavy atom. The van der Waals surface area contributed by atoms with Gasteiger partial charge >= 0.3 is 5.97 Å². The van der Waals surface area contributed by atoms with Gasteiger partial charge in [0.15, 0.2) is 0 Å². The number of hydrogen-bond donors (Lipinski definition) is 1. The van der Waals surface area contributed by atoms with Crippen LogP contribution in [0.2, 0.25) is 0 Å². The van der Waals surface area contributed by atoms with E-state index >= 15 is 0 Å². The number of nitriles is 1. The number of esters is 1. The van der Waals surface area contributed by atoms with Crippen molar-refractivity contribution in [1.29, 1.82) is 5.26 Å². The van der Waals surface area contributed by atoms with Crippen LogP contribution in [0, 0.1) is 17.1 Å².